The van der Waals surface area contributed by atoms with Crippen LogP contribution in [0.2, 0.25) is 39.3 Å². The van der Waals surface area contributed by atoms with Gasteiger partial charge in [0.1, 0.15) is 0 Å². The molecule has 0 atom stereocenters. The predicted octanol–water partition coefficient (Wildman–Crippen LogP) is 3.48. The standard InChI is InChI=1S/C6H18NSi2.C5H9N2.La/c1-8(2,3)7-9(4,5)6;1-6-3-4-7(2)5-6;/h1-6H3;3-5H,1-2H3;/q2*-1;. The van der Waals surface area contributed by atoms with Gasteiger partial charge in [-0.15, -0.1) is 0 Å². The van der Waals surface area contributed by atoms with Crippen LogP contribution in [0.15, 0.2) is 12.4 Å². The fraction of sp³-hybridized carbons (Fsp3) is 0.727. The molecule has 1 aliphatic rings. The average molecular weight is 396 g/mol. The second-order valence-electron chi connectivity index (χ2n) is 6.20. The first-order valence-corrected chi connectivity index (χ1v) is 12.6. The van der Waals surface area contributed by atoms with Crippen molar-refractivity contribution in [3.8, 4) is 0 Å². The molecule has 0 bridgehead atoms. The Bertz CT molecular complexity index is 212. The van der Waals surface area contributed by atoms with Crippen molar-refractivity contribution in [1.82, 2.24) is 9.80 Å². The molecule has 0 fully saturated rings. The van der Waals surface area contributed by atoms with Gasteiger partial charge in [-0.2, -0.15) is 6.67 Å². The van der Waals surface area contributed by atoms with Gasteiger partial charge >= 0.3 is 0 Å². The molecule has 0 saturated heterocycles. The predicted molar refractivity (Wildman–Crippen MR) is 79.0 cm³/mol. The summed E-state index contributed by atoms with van der Waals surface area (Å²) < 4.78 is 4.82. The molecule has 1 rings (SSSR count). The normalized spacial score (nSPS) is 15.3. The summed E-state index contributed by atoms with van der Waals surface area (Å²) in [5.74, 6) is 0. The van der Waals surface area contributed by atoms with Gasteiger partial charge in [-0.1, -0.05) is 55.8 Å². The fourth-order valence-corrected chi connectivity index (χ4v) is 9.63. The Morgan fingerprint density at radius 2 is 1.12 bits per heavy atom. The molecule has 1 aliphatic heterocycles. The molecule has 1 heterocycles. The summed E-state index contributed by atoms with van der Waals surface area (Å²) >= 11 is 0. The van der Waals surface area contributed by atoms with E-state index >= 15 is 0 Å². The third-order valence-corrected chi connectivity index (χ3v) is 6.94. The summed E-state index contributed by atoms with van der Waals surface area (Å²) in [7, 11) is 1.79. The molecular weight excluding hydrogens is 369 g/mol. The Hall–Kier alpha value is 0.929. The summed E-state index contributed by atoms with van der Waals surface area (Å²) in [6.07, 6.45) is 4.00. The molecule has 17 heavy (non-hydrogen) atoms. The van der Waals surface area contributed by atoms with Crippen molar-refractivity contribution in [2.24, 2.45) is 0 Å². The van der Waals surface area contributed by atoms with Crippen LogP contribution in [0.25, 0.3) is 4.65 Å². The summed E-state index contributed by atoms with van der Waals surface area (Å²) in [6, 6.07) is 0. The van der Waals surface area contributed by atoms with Crippen LogP contribution >= 0.6 is 0 Å². The van der Waals surface area contributed by atoms with Crippen LogP contribution in [-0.4, -0.2) is 40.4 Å². The Morgan fingerprint density at radius 1 is 0.824 bits per heavy atom. The second kappa shape index (κ2) is 8.17. The van der Waals surface area contributed by atoms with Crippen molar-refractivity contribution in [3.05, 3.63) is 23.7 Å². The van der Waals surface area contributed by atoms with Crippen LogP contribution in [0, 0.1) is 42.3 Å². The van der Waals surface area contributed by atoms with E-state index in [-0.39, 0.29) is 35.6 Å². The molecule has 0 saturated carbocycles. The van der Waals surface area contributed by atoms with Gasteiger partial charge in [-0.3, -0.25) is 0 Å². The van der Waals surface area contributed by atoms with Crippen molar-refractivity contribution in [2.45, 2.75) is 39.3 Å². The van der Waals surface area contributed by atoms with Crippen LogP contribution in [0.3, 0.4) is 0 Å². The van der Waals surface area contributed by atoms with Gasteiger partial charge in [0.25, 0.3) is 0 Å². The number of nitrogens with zero attached hydrogens (tertiary/aromatic N) is 3. The number of hydrogen-bond acceptors (Lipinski definition) is 2. The molecule has 99 valence electrons. The van der Waals surface area contributed by atoms with Crippen LogP contribution in [-0.2, 0) is 0 Å². The van der Waals surface area contributed by atoms with Crippen molar-refractivity contribution in [2.75, 3.05) is 14.1 Å². The molecular formula is C11H27LaN3Si2-2. The smallest absolute Gasteiger partial charge is 0 e. The molecule has 6 heteroatoms. The van der Waals surface area contributed by atoms with Crippen LogP contribution in [0.1, 0.15) is 0 Å². The maximum absolute atomic E-state index is 4.82. The average Bonchev–Trinajstić information content (AvgIpc) is 2.26. The van der Waals surface area contributed by atoms with Gasteiger partial charge in [0.05, 0.1) is 0 Å². The molecule has 0 amide bonds. The van der Waals surface area contributed by atoms with E-state index < -0.39 is 16.5 Å². The fourth-order valence-electron chi connectivity index (χ4n) is 1.58. The zero-order chi connectivity index (χ0) is 13.0. The van der Waals surface area contributed by atoms with E-state index in [1.807, 2.05) is 43.0 Å². The quantitative estimate of drug-likeness (QED) is 0.526. The Balaban J connectivity index is 0. The van der Waals surface area contributed by atoms with E-state index in [4.69, 9.17) is 4.65 Å². The summed E-state index contributed by atoms with van der Waals surface area (Å²) in [6.45, 7) is 15.8. The third kappa shape index (κ3) is 14.9. The van der Waals surface area contributed by atoms with Gasteiger partial charge in [0, 0.05) is 35.6 Å². The largest absolute Gasteiger partial charge is 0.668 e. The zero-order valence-electron chi connectivity index (χ0n) is 12.7. The Labute approximate surface area is 138 Å². The number of hydrogen-bond donors (Lipinski definition) is 0. The summed E-state index contributed by atoms with van der Waals surface area (Å²) in [5, 5.41) is 0. The maximum atomic E-state index is 4.82. The van der Waals surface area contributed by atoms with E-state index in [1.165, 1.54) is 0 Å². The van der Waals surface area contributed by atoms with E-state index in [9.17, 15) is 0 Å². The SMILES string of the molecule is CN1C=CN(C)[CH-]1.C[Si](C)(C)[N-][Si](C)(C)C.[La]. The first-order valence-electron chi connectivity index (χ1n) is 5.71. The molecule has 0 aliphatic carbocycles. The molecule has 0 N–H and O–H groups in total. The first kappa shape index (κ1) is 20.3. The molecule has 1 radical (unpaired) electrons. The minimum Gasteiger partial charge on any atom is -0.668 e. The van der Waals surface area contributed by atoms with Crippen LogP contribution < -0.4 is 0 Å². The van der Waals surface area contributed by atoms with Crippen LogP contribution in [0.5, 0.6) is 0 Å². The molecule has 0 unspecified atom stereocenters. The van der Waals surface area contributed by atoms with Crippen molar-refractivity contribution in [3.63, 3.8) is 0 Å². The van der Waals surface area contributed by atoms with E-state index in [0.29, 0.717) is 0 Å². The monoisotopic (exact) mass is 396 g/mol. The minimum atomic E-state index is -1.11. The minimum absolute atomic E-state index is 0. The first-order chi connectivity index (χ1) is 6.99. The molecule has 0 spiro atoms. The molecule has 0 aromatic heterocycles. The summed E-state index contributed by atoms with van der Waals surface area (Å²) in [4.78, 5) is 4.00. The molecule has 0 aromatic rings. The summed E-state index contributed by atoms with van der Waals surface area (Å²) in [5.41, 5.74) is 0. The number of rotatable bonds is 2. The van der Waals surface area contributed by atoms with Crippen molar-refractivity contribution in [1.29, 1.82) is 0 Å². The van der Waals surface area contributed by atoms with E-state index in [0.717, 1.165) is 0 Å². The van der Waals surface area contributed by atoms with Gasteiger partial charge < -0.3 is 14.4 Å². The zero-order valence-corrected chi connectivity index (χ0v) is 18.3. The Kier molecular flexibility index (Phi) is 9.73. The van der Waals surface area contributed by atoms with Crippen molar-refractivity contribution >= 4 is 16.5 Å². The van der Waals surface area contributed by atoms with E-state index in [2.05, 4.69) is 39.3 Å². The maximum Gasteiger partial charge on any atom is 0 e. The third-order valence-electron chi connectivity index (χ3n) is 1.57. The Morgan fingerprint density at radius 3 is 1.18 bits per heavy atom. The molecule has 0 aromatic carbocycles. The van der Waals surface area contributed by atoms with Crippen molar-refractivity contribution < 1.29 is 35.6 Å². The van der Waals surface area contributed by atoms with Gasteiger partial charge in [-0.25, -0.2) is 0 Å². The molecule has 3 nitrogen and oxygen atoms in total. The second-order valence-corrected chi connectivity index (χ2v) is 15.8. The van der Waals surface area contributed by atoms with Gasteiger partial charge in [-0.05, 0) is 26.5 Å². The van der Waals surface area contributed by atoms with E-state index in [1.54, 1.807) is 0 Å². The van der Waals surface area contributed by atoms with Gasteiger partial charge in [0.15, 0.2) is 0 Å². The van der Waals surface area contributed by atoms with Gasteiger partial charge in [0.2, 0.25) is 0 Å². The van der Waals surface area contributed by atoms with Crippen LogP contribution in [0.4, 0.5) is 0 Å². The topological polar surface area (TPSA) is 20.6 Å².